The summed E-state index contributed by atoms with van der Waals surface area (Å²) in [5.74, 6) is -1.10. The first-order valence-corrected chi connectivity index (χ1v) is 5.24. The van der Waals surface area contributed by atoms with Gasteiger partial charge in [-0.1, -0.05) is 16.8 Å². The van der Waals surface area contributed by atoms with Crippen LogP contribution in [0, 0.1) is 0 Å². The molecule has 0 radical (unpaired) electrons. The molecule has 0 bridgehead atoms. The second-order valence-corrected chi connectivity index (χ2v) is 3.98. The number of carbonyl (C=O) groups is 1. The topological polar surface area (TPSA) is 87.7 Å². The second-order valence-electron chi connectivity index (χ2n) is 3.54. The van der Waals surface area contributed by atoms with Crippen LogP contribution in [0.2, 0.25) is 5.02 Å². The highest BCUT2D eigenvalue weighted by molar-refractivity contribution is 6.31. The third-order valence-electron chi connectivity index (χ3n) is 1.98. The molecule has 0 saturated carbocycles. The fourth-order valence-electron chi connectivity index (χ4n) is 1.23. The molecular formula is C10H9ClF3N3O2. The monoisotopic (exact) mass is 295 g/mol. The summed E-state index contributed by atoms with van der Waals surface area (Å²) in [5, 5.41) is 12.8. The van der Waals surface area contributed by atoms with E-state index in [9.17, 15) is 18.0 Å². The molecule has 1 aromatic rings. The number of oxime groups is 1. The van der Waals surface area contributed by atoms with E-state index in [1.54, 1.807) is 0 Å². The maximum atomic E-state index is 12.5. The van der Waals surface area contributed by atoms with E-state index in [2.05, 4.69) is 10.5 Å². The van der Waals surface area contributed by atoms with E-state index in [-0.39, 0.29) is 16.5 Å². The van der Waals surface area contributed by atoms with Crippen LogP contribution in [0.25, 0.3) is 0 Å². The largest absolute Gasteiger partial charge is 0.416 e. The quantitative estimate of drug-likeness (QED) is 0.346. The predicted molar refractivity (Wildman–Crippen MR) is 63.1 cm³/mol. The third-order valence-corrected chi connectivity index (χ3v) is 2.20. The van der Waals surface area contributed by atoms with E-state index < -0.39 is 24.1 Å². The van der Waals surface area contributed by atoms with Crippen molar-refractivity contribution in [1.29, 1.82) is 0 Å². The van der Waals surface area contributed by atoms with Crippen molar-refractivity contribution in [2.45, 2.75) is 12.6 Å². The summed E-state index contributed by atoms with van der Waals surface area (Å²) in [6.07, 6.45) is -5.03. The molecule has 19 heavy (non-hydrogen) atoms. The van der Waals surface area contributed by atoms with Gasteiger partial charge in [-0.15, -0.1) is 0 Å². The van der Waals surface area contributed by atoms with Gasteiger partial charge in [0, 0.05) is 10.7 Å². The number of benzene rings is 1. The SMILES string of the molecule is N/C(CC(=O)Nc1cc(Cl)cc(C(F)(F)F)c1)=N/O. The van der Waals surface area contributed by atoms with E-state index in [1.807, 2.05) is 0 Å². The van der Waals surface area contributed by atoms with Gasteiger partial charge in [-0.25, -0.2) is 0 Å². The number of nitrogens with one attached hydrogen (secondary N) is 1. The number of hydrogen-bond acceptors (Lipinski definition) is 3. The first kappa shape index (κ1) is 15.1. The van der Waals surface area contributed by atoms with Crippen LogP contribution in [0.4, 0.5) is 18.9 Å². The maximum Gasteiger partial charge on any atom is 0.416 e. The molecule has 0 spiro atoms. The van der Waals surface area contributed by atoms with Gasteiger partial charge >= 0.3 is 6.18 Å². The summed E-state index contributed by atoms with van der Waals surface area (Å²) in [6, 6.07) is 2.62. The van der Waals surface area contributed by atoms with Crippen LogP contribution in [0.15, 0.2) is 23.4 Å². The smallest absolute Gasteiger partial charge is 0.409 e. The normalized spacial score (nSPS) is 12.3. The van der Waals surface area contributed by atoms with Crippen LogP contribution < -0.4 is 11.1 Å². The second kappa shape index (κ2) is 5.79. The summed E-state index contributed by atoms with van der Waals surface area (Å²) in [7, 11) is 0. The van der Waals surface area contributed by atoms with Crippen molar-refractivity contribution in [1.82, 2.24) is 0 Å². The molecule has 0 fully saturated rings. The van der Waals surface area contributed by atoms with Gasteiger partial charge in [0.2, 0.25) is 5.91 Å². The Balaban J connectivity index is 2.90. The minimum absolute atomic E-state index is 0.129. The van der Waals surface area contributed by atoms with E-state index >= 15 is 0 Å². The van der Waals surface area contributed by atoms with Crippen molar-refractivity contribution >= 4 is 29.0 Å². The fraction of sp³-hybridized carbons (Fsp3) is 0.200. The Labute approximate surface area is 110 Å². The lowest BCUT2D eigenvalue weighted by Gasteiger charge is -2.10. The van der Waals surface area contributed by atoms with Crippen LogP contribution in [0.1, 0.15) is 12.0 Å². The molecule has 4 N–H and O–H groups in total. The molecule has 0 aliphatic heterocycles. The van der Waals surface area contributed by atoms with Crippen molar-refractivity contribution in [3.63, 3.8) is 0 Å². The summed E-state index contributed by atoms with van der Waals surface area (Å²) < 4.78 is 37.5. The Morgan fingerprint density at radius 1 is 1.42 bits per heavy atom. The summed E-state index contributed by atoms with van der Waals surface area (Å²) in [6.45, 7) is 0. The van der Waals surface area contributed by atoms with E-state index in [4.69, 9.17) is 22.5 Å². The number of amidine groups is 1. The number of rotatable bonds is 3. The highest BCUT2D eigenvalue weighted by atomic mass is 35.5. The lowest BCUT2D eigenvalue weighted by molar-refractivity contribution is -0.137. The van der Waals surface area contributed by atoms with Gasteiger partial charge in [-0.2, -0.15) is 13.2 Å². The lowest BCUT2D eigenvalue weighted by Crippen LogP contribution is -2.22. The molecule has 0 aliphatic carbocycles. The van der Waals surface area contributed by atoms with Crippen LogP contribution in [-0.2, 0) is 11.0 Å². The Morgan fingerprint density at radius 3 is 2.58 bits per heavy atom. The van der Waals surface area contributed by atoms with Crippen molar-refractivity contribution < 1.29 is 23.2 Å². The van der Waals surface area contributed by atoms with E-state index in [0.29, 0.717) is 0 Å². The van der Waals surface area contributed by atoms with E-state index in [1.165, 1.54) is 0 Å². The molecule has 0 unspecified atom stereocenters. The van der Waals surface area contributed by atoms with Crippen molar-refractivity contribution in [2.75, 3.05) is 5.32 Å². The van der Waals surface area contributed by atoms with E-state index in [0.717, 1.165) is 18.2 Å². The Bertz CT molecular complexity index is 517. The minimum atomic E-state index is -4.57. The molecule has 9 heteroatoms. The predicted octanol–water partition coefficient (Wildman–Crippen LogP) is 2.43. The zero-order valence-corrected chi connectivity index (χ0v) is 10.1. The molecule has 0 heterocycles. The number of nitrogens with two attached hydrogens (primary N) is 1. The average molecular weight is 296 g/mol. The van der Waals surface area contributed by atoms with Gasteiger partial charge in [-0.05, 0) is 18.2 Å². The zero-order chi connectivity index (χ0) is 14.6. The average Bonchev–Trinajstić information content (AvgIpc) is 2.26. The Kier molecular flexibility index (Phi) is 4.60. The van der Waals surface area contributed by atoms with Gasteiger partial charge < -0.3 is 16.3 Å². The zero-order valence-electron chi connectivity index (χ0n) is 9.33. The highest BCUT2D eigenvalue weighted by Crippen LogP contribution is 2.33. The summed E-state index contributed by atoms with van der Waals surface area (Å²) in [5.41, 5.74) is 3.97. The van der Waals surface area contributed by atoms with Crippen molar-refractivity contribution in [3.05, 3.63) is 28.8 Å². The number of amides is 1. The van der Waals surface area contributed by atoms with Crippen LogP contribution in [0.5, 0.6) is 0 Å². The van der Waals surface area contributed by atoms with Gasteiger partial charge in [0.15, 0.2) is 0 Å². The van der Waals surface area contributed by atoms with Crippen molar-refractivity contribution in [2.24, 2.45) is 10.9 Å². The first-order valence-electron chi connectivity index (χ1n) is 4.86. The third kappa shape index (κ3) is 4.66. The maximum absolute atomic E-state index is 12.5. The minimum Gasteiger partial charge on any atom is -0.409 e. The molecule has 0 saturated heterocycles. The Morgan fingerprint density at radius 2 is 2.05 bits per heavy atom. The molecule has 0 atom stereocenters. The van der Waals surface area contributed by atoms with Crippen molar-refractivity contribution in [3.8, 4) is 0 Å². The Hall–Kier alpha value is -1.96. The lowest BCUT2D eigenvalue weighted by atomic mass is 10.2. The van der Waals surface area contributed by atoms with Gasteiger partial charge in [-0.3, -0.25) is 4.79 Å². The van der Waals surface area contributed by atoms with Crippen LogP contribution >= 0.6 is 11.6 Å². The van der Waals surface area contributed by atoms with Crippen LogP contribution in [0.3, 0.4) is 0 Å². The molecular weight excluding hydrogens is 287 g/mol. The first-order chi connectivity index (χ1) is 8.72. The van der Waals surface area contributed by atoms with Crippen LogP contribution in [-0.4, -0.2) is 17.0 Å². The molecule has 1 rings (SSSR count). The molecule has 5 nitrogen and oxygen atoms in total. The standard InChI is InChI=1S/C10H9ClF3N3O2/c11-6-1-5(10(12,13)14)2-7(3-6)16-9(18)4-8(15)17-19/h1-3,19H,4H2,(H2,15,17)(H,16,18). The highest BCUT2D eigenvalue weighted by Gasteiger charge is 2.31. The summed E-state index contributed by atoms with van der Waals surface area (Å²) >= 11 is 5.53. The number of alkyl halides is 3. The van der Waals surface area contributed by atoms with Gasteiger partial charge in [0.05, 0.1) is 12.0 Å². The van der Waals surface area contributed by atoms with Gasteiger partial charge in [0.1, 0.15) is 5.84 Å². The molecule has 1 aromatic carbocycles. The molecule has 1 amide bonds. The van der Waals surface area contributed by atoms with Gasteiger partial charge in [0.25, 0.3) is 0 Å². The number of nitrogens with zero attached hydrogens (tertiary/aromatic N) is 1. The molecule has 104 valence electrons. The number of halogens is 4. The number of carbonyl (C=O) groups excluding carboxylic acids is 1. The molecule has 0 aliphatic rings. The molecule has 0 aromatic heterocycles. The number of anilines is 1. The fourth-order valence-corrected chi connectivity index (χ4v) is 1.47. The number of hydrogen-bond donors (Lipinski definition) is 3. The summed E-state index contributed by atoms with van der Waals surface area (Å²) in [4.78, 5) is 11.3.